The number of hydrogen-bond acceptors (Lipinski definition) is 5. The van der Waals surface area contributed by atoms with Gasteiger partial charge < -0.3 is 9.80 Å². The molecule has 32 heavy (non-hydrogen) atoms. The second kappa shape index (κ2) is 8.09. The molecule has 5 rings (SSSR count). The van der Waals surface area contributed by atoms with E-state index in [2.05, 4.69) is 53.9 Å². The Kier molecular flexibility index (Phi) is 5.25. The van der Waals surface area contributed by atoms with Gasteiger partial charge in [0.15, 0.2) is 0 Å². The highest BCUT2D eigenvalue weighted by Gasteiger charge is 2.40. The maximum Gasteiger partial charge on any atom is 0.147 e. The summed E-state index contributed by atoms with van der Waals surface area (Å²) >= 11 is 0. The first kappa shape index (κ1) is 20.8. The molecule has 2 aromatic heterocycles. The number of piperazine rings is 1. The van der Waals surface area contributed by atoms with Gasteiger partial charge in [-0.25, -0.2) is 4.98 Å². The van der Waals surface area contributed by atoms with Gasteiger partial charge >= 0.3 is 0 Å². The first-order valence-electron chi connectivity index (χ1n) is 11.7. The lowest BCUT2D eigenvalue weighted by Gasteiger charge is -2.44. The van der Waals surface area contributed by atoms with Gasteiger partial charge in [0.1, 0.15) is 11.9 Å². The number of pyridine rings is 2. The molecular weight excluding hydrogens is 394 g/mol. The Hall–Kier alpha value is -3.13. The lowest BCUT2D eigenvalue weighted by molar-refractivity contribution is 0.206. The zero-order chi connectivity index (χ0) is 22.4. The van der Waals surface area contributed by atoms with Crippen molar-refractivity contribution in [3.05, 3.63) is 59.7 Å². The van der Waals surface area contributed by atoms with E-state index in [9.17, 15) is 5.26 Å². The van der Waals surface area contributed by atoms with Crippen LogP contribution in [0.1, 0.15) is 61.0 Å². The highest BCUT2D eigenvalue weighted by molar-refractivity contribution is 5.77. The summed E-state index contributed by atoms with van der Waals surface area (Å²) in [6.07, 6.45) is 8.50. The van der Waals surface area contributed by atoms with Crippen molar-refractivity contribution in [2.24, 2.45) is 5.92 Å². The van der Waals surface area contributed by atoms with Crippen molar-refractivity contribution >= 4 is 11.9 Å². The number of nitrogens with zero attached hydrogens (tertiary/aromatic N) is 5. The molecule has 3 heterocycles. The number of nitriles is 1. The molecule has 0 spiro atoms. The van der Waals surface area contributed by atoms with E-state index in [4.69, 9.17) is 4.98 Å². The number of anilines is 1. The summed E-state index contributed by atoms with van der Waals surface area (Å²) in [7, 11) is 0. The van der Waals surface area contributed by atoms with E-state index in [1.807, 2.05) is 12.3 Å². The first-order chi connectivity index (χ1) is 15.5. The Labute approximate surface area is 191 Å². The molecule has 0 aromatic carbocycles. The number of aromatic nitrogens is 2. The van der Waals surface area contributed by atoms with Crippen LogP contribution in [0.5, 0.6) is 0 Å². The minimum absolute atomic E-state index is 0.467. The van der Waals surface area contributed by atoms with Crippen LogP contribution in [0.15, 0.2) is 37.2 Å². The molecule has 2 aromatic rings. The third-order valence-electron chi connectivity index (χ3n) is 7.19. The van der Waals surface area contributed by atoms with Crippen LogP contribution in [-0.2, 0) is 0 Å². The lowest BCUT2D eigenvalue weighted by atomic mass is 9.93. The summed E-state index contributed by atoms with van der Waals surface area (Å²) in [6.45, 7) is 15.0. The van der Waals surface area contributed by atoms with Gasteiger partial charge in [0.2, 0.25) is 0 Å². The largest absolute Gasteiger partial charge is 0.369 e. The number of allylic oxidation sites excluding steroid dienone is 1. The molecule has 2 aliphatic carbocycles. The van der Waals surface area contributed by atoms with Crippen LogP contribution in [0, 0.1) is 24.2 Å². The molecule has 1 unspecified atom stereocenters. The molecule has 0 radical (unpaired) electrons. The van der Waals surface area contributed by atoms with E-state index in [-0.39, 0.29) is 0 Å². The molecule has 5 heteroatoms. The van der Waals surface area contributed by atoms with E-state index in [0.29, 0.717) is 17.5 Å². The average molecular weight is 426 g/mol. The smallest absolute Gasteiger partial charge is 0.147 e. The van der Waals surface area contributed by atoms with Crippen LogP contribution in [0.3, 0.4) is 0 Å². The van der Waals surface area contributed by atoms with Crippen LogP contribution in [0.4, 0.5) is 5.82 Å². The van der Waals surface area contributed by atoms with Gasteiger partial charge in [0, 0.05) is 49.1 Å². The zero-order valence-corrected chi connectivity index (χ0v) is 19.1. The highest BCUT2D eigenvalue weighted by atomic mass is 15.3. The molecule has 1 saturated heterocycles. The number of rotatable bonds is 6. The molecule has 2 saturated carbocycles. The van der Waals surface area contributed by atoms with Crippen LogP contribution in [-0.4, -0.2) is 40.5 Å². The van der Waals surface area contributed by atoms with Crippen LogP contribution < -0.4 is 4.90 Å². The van der Waals surface area contributed by atoms with Gasteiger partial charge in [-0.2, -0.15) is 5.26 Å². The van der Waals surface area contributed by atoms with Crippen molar-refractivity contribution < 1.29 is 0 Å². The fraction of sp³-hybridized carbons (Fsp3) is 0.444. The van der Waals surface area contributed by atoms with Gasteiger partial charge in [0.05, 0.1) is 17.0 Å². The van der Waals surface area contributed by atoms with Gasteiger partial charge in [-0.05, 0) is 74.8 Å². The second-order valence-electron chi connectivity index (χ2n) is 9.53. The maximum absolute atomic E-state index is 10.2. The third kappa shape index (κ3) is 3.68. The molecule has 1 atom stereocenters. The molecule has 5 nitrogen and oxygen atoms in total. The second-order valence-corrected chi connectivity index (χ2v) is 9.53. The Balaban J connectivity index is 1.59. The summed E-state index contributed by atoms with van der Waals surface area (Å²) in [6, 6.07) is 7.06. The average Bonchev–Trinajstić information content (AvgIpc) is 3.71. The van der Waals surface area contributed by atoms with Crippen LogP contribution >= 0.6 is 0 Å². The molecule has 164 valence electrons. The Bertz CT molecular complexity index is 1120. The summed E-state index contributed by atoms with van der Waals surface area (Å²) in [5.74, 6) is 2.09. The SMILES string of the molecule is C=Cc1cc(-c2c(C3CC3)nc(N3CCN(C(=C)C)C(C4CC4)C3)c(C#N)c2C)ccn1. The predicted molar refractivity (Wildman–Crippen MR) is 129 cm³/mol. The molecule has 0 bridgehead atoms. The summed E-state index contributed by atoms with van der Waals surface area (Å²) in [5.41, 5.74) is 7.06. The van der Waals surface area contributed by atoms with Crippen molar-refractivity contribution in [2.45, 2.75) is 51.5 Å². The van der Waals surface area contributed by atoms with Crippen LogP contribution in [0.25, 0.3) is 17.2 Å². The summed E-state index contributed by atoms with van der Waals surface area (Å²) < 4.78 is 0. The molecule has 3 fully saturated rings. The quantitative estimate of drug-likeness (QED) is 0.630. The standard InChI is InChI=1S/C27H31N5/c1-5-22-14-21(10-11-29-22)25-18(4)23(15-28)27(30-26(25)20-8-9-20)31-12-13-32(17(2)3)24(16-31)19-6-7-19/h5,10-11,14,19-20,24H,1-2,6-9,12-13,16H2,3-4H3. The van der Waals surface area contributed by atoms with Gasteiger partial charge in [-0.15, -0.1) is 0 Å². The first-order valence-corrected chi connectivity index (χ1v) is 11.7. The van der Waals surface area contributed by atoms with Crippen molar-refractivity contribution in [2.75, 3.05) is 24.5 Å². The fourth-order valence-corrected chi connectivity index (χ4v) is 5.17. The van der Waals surface area contributed by atoms with Crippen molar-refractivity contribution in [3.63, 3.8) is 0 Å². The Morgan fingerprint density at radius 1 is 1.25 bits per heavy atom. The number of hydrogen-bond donors (Lipinski definition) is 0. The molecule has 0 N–H and O–H groups in total. The third-order valence-corrected chi connectivity index (χ3v) is 7.19. The molecule has 0 amide bonds. The fourth-order valence-electron chi connectivity index (χ4n) is 5.17. The van der Waals surface area contributed by atoms with Crippen molar-refractivity contribution in [3.8, 4) is 17.2 Å². The van der Waals surface area contributed by atoms with Crippen LogP contribution in [0.2, 0.25) is 0 Å². The topological polar surface area (TPSA) is 56.1 Å². The Morgan fingerprint density at radius 2 is 2.03 bits per heavy atom. The lowest BCUT2D eigenvalue weighted by Crippen LogP contribution is -2.53. The van der Waals surface area contributed by atoms with E-state index in [1.165, 1.54) is 12.8 Å². The van der Waals surface area contributed by atoms with E-state index < -0.39 is 0 Å². The predicted octanol–water partition coefficient (Wildman–Crippen LogP) is 5.28. The minimum Gasteiger partial charge on any atom is -0.369 e. The van der Waals surface area contributed by atoms with Gasteiger partial charge in [0.25, 0.3) is 0 Å². The summed E-state index contributed by atoms with van der Waals surface area (Å²) in [5, 5.41) is 10.2. The van der Waals surface area contributed by atoms with Gasteiger partial charge in [-0.1, -0.05) is 13.2 Å². The monoisotopic (exact) mass is 425 g/mol. The molecular formula is C27H31N5. The van der Waals surface area contributed by atoms with E-state index in [0.717, 1.165) is 78.0 Å². The van der Waals surface area contributed by atoms with E-state index in [1.54, 1.807) is 6.08 Å². The molecule has 1 aliphatic heterocycles. The zero-order valence-electron chi connectivity index (χ0n) is 19.1. The normalized spacial score (nSPS) is 20.7. The molecule has 3 aliphatic rings. The Morgan fingerprint density at radius 3 is 2.66 bits per heavy atom. The minimum atomic E-state index is 0.467. The van der Waals surface area contributed by atoms with Gasteiger partial charge in [-0.3, -0.25) is 4.98 Å². The van der Waals surface area contributed by atoms with E-state index >= 15 is 0 Å². The van der Waals surface area contributed by atoms with Crippen molar-refractivity contribution in [1.82, 2.24) is 14.9 Å². The van der Waals surface area contributed by atoms with Crippen molar-refractivity contribution in [1.29, 1.82) is 5.26 Å². The summed E-state index contributed by atoms with van der Waals surface area (Å²) in [4.78, 5) is 14.4. The maximum atomic E-state index is 10.2. The highest BCUT2D eigenvalue weighted by Crippen LogP contribution is 2.47.